The van der Waals surface area contributed by atoms with Crippen LogP contribution in [0.1, 0.15) is 17.5 Å². The van der Waals surface area contributed by atoms with Crippen molar-refractivity contribution in [3.63, 3.8) is 0 Å². The molecule has 0 fully saturated rings. The summed E-state index contributed by atoms with van der Waals surface area (Å²) < 4.78 is 42.0. The van der Waals surface area contributed by atoms with E-state index < -0.39 is 12.8 Å². The van der Waals surface area contributed by atoms with Crippen molar-refractivity contribution in [1.29, 1.82) is 0 Å². The van der Waals surface area contributed by atoms with Crippen LogP contribution in [-0.2, 0) is 17.9 Å². The van der Waals surface area contributed by atoms with Crippen LogP contribution >= 0.6 is 23.1 Å². The number of nitrogens with zero attached hydrogens (tertiary/aromatic N) is 2. The molecule has 28 heavy (non-hydrogen) atoms. The Morgan fingerprint density at radius 3 is 2.61 bits per heavy atom. The topological polar surface area (TPSA) is 58.5 Å². The van der Waals surface area contributed by atoms with Gasteiger partial charge in [0, 0.05) is 37.5 Å². The van der Waals surface area contributed by atoms with E-state index in [1.165, 1.54) is 0 Å². The summed E-state index contributed by atoms with van der Waals surface area (Å²) >= 11 is 3.38. The lowest BCUT2D eigenvalue weighted by molar-refractivity contribution is -0.176. The van der Waals surface area contributed by atoms with E-state index in [1.807, 2.05) is 17.5 Å². The van der Waals surface area contributed by atoms with Gasteiger partial charge in [0.05, 0.1) is 6.61 Å². The van der Waals surface area contributed by atoms with Crippen molar-refractivity contribution in [1.82, 2.24) is 15.6 Å². The summed E-state index contributed by atoms with van der Waals surface area (Å²) in [7, 11) is 1.71. The van der Waals surface area contributed by atoms with E-state index in [2.05, 4.69) is 25.3 Å². The number of nitrogens with one attached hydrogen (secondary N) is 2. The first-order valence-electron chi connectivity index (χ1n) is 8.65. The maximum atomic E-state index is 12.1. The number of benzene rings is 1. The lowest BCUT2D eigenvalue weighted by atomic mass is 10.1. The van der Waals surface area contributed by atoms with E-state index in [0.717, 1.165) is 28.6 Å². The Balaban J connectivity index is 1.62. The highest BCUT2D eigenvalue weighted by Crippen LogP contribution is 2.20. The number of thiazole rings is 1. The van der Waals surface area contributed by atoms with Gasteiger partial charge in [-0.3, -0.25) is 4.99 Å². The molecule has 0 saturated carbocycles. The molecule has 5 nitrogen and oxygen atoms in total. The average molecular weight is 433 g/mol. The Bertz CT molecular complexity index is 707. The molecule has 1 aromatic carbocycles. The zero-order valence-electron chi connectivity index (χ0n) is 15.5. The first-order chi connectivity index (χ1) is 13.5. The SMILES string of the molecule is CN=C(NCCCSc1nccs1)NCc1ccc(COCC(F)(F)F)cc1. The number of guanidine groups is 1. The lowest BCUT2D eigenvalue weighted by Gasteiger charge is -2.12. The molecule has 0 radical (unpaired) electrons. The number of hydrogen-bond donors (Lipinski definition) is 2. The Labute approximate surface area is 170 Å². The second-order valence-corrected chi connectivity index (χ2v) is 8.01. The molecule has 0 bridgehead atoms. The van der Waals surface area contributed by atoms with Gasteiger partial charge in [-0.2, -0.15) is 13.2 Å². The fraction of sp³-hybridized carbons (Fsp3) is 0.444. The Kier molecular flexibility index (Phi) is 9.59. The van der Waals surface area contributed by atoms with Gasteiger partial charge >= 0.3 is 6.18 Å². The number of halogens is 3. The van der Waals surface area contributed by atoms with Crippen molar-refractivity contribution in [2.75, 3.05) is 26.0 Å². The molecule has 2 rings (SSSR count). The Hall–Kier alpha value is -1.78. The van der Waals surface area contributed by atoms with Crippen LogP contribution in [0, 0.1) is 0 Å². The number of aromatic nitrogens is 1. The fourth-order valence-corrected chi connectivity index (χ4v) is 3.81. The van der Waals surface area contributed by atoms with Crippen LogP contribution in [0.2, 0.25) is 0 Å². The third kappa shape index (κ3) is 9.43. The van der Waals surface area contributed by atoms with E-state index in [4.69, 9.17) is 0 Å². The minimum absolute atomic E-state index is 0.0601. The van der Waals surface area contributed by atoms with E-state index in [0.29, 0.717) is 18.1 Å². The minimum Gasteiger partial charge on any atom is -0.367 e. The van der Waals surface area contributed by atoms with Gasteiger partial charge in [-0.15, -0.1) is 11.3 Å². The van der Waals surface area contributed by atoms with E-state index in [1.54, 1.807) is 48.5 Å². The smallest absolute Gasteiger partial charge is 0.367 e. The van der Waals surface area contributed by atoms with Crippen LogP contribution in [-0.4, -0.2) is 43.1 Å². The zero-order chi connectivity index (χ0) is 20.2. The first kappa shape index (κ1) is 22.5. The third-order valence-corrected chi connectivity index (χ3v) is 5.54. The number of thioether (sulfide) groups is 1. The second-order valence-electron chi connectivity index (χ2n) is 5.78. The Morgan fingerprint density at radius 1 is 1.21 bits per heavy atom. The molecule has 0 unspecified atom stereocenters. The van der Waals surface area contributed by atoms with Crippen LogP contribution in [0.4, 0.5) is 13.2 Å². The molecule has 0 amide bonds. The average Bonchev–Trinajstić information content (AvgIpc) is 3.17. The monoisotopic (exact) mass is 432 g/mol. The van der Waals surface area contributed by atoms with Gasteiger partial charge in [-0.25, -0.2) is 4.98 Å². The Morgan fingerprint density at radius 2 is 1.96 bits per heavy atom. The van der Waals surface area contributed by atoms with Crippen molar-refractivity contribution >= 4 is 29.1 Å². The number of rotatable bonds is 10. The molecule has 10 heteroatoms. The maximum absolute atomic E-state index is 12.1. The standard InChI is InChI=1S/C18H23F3N4OS2/c1-22-16(23-7-2-9-27-17-24-8-10-28-17)25-11-14-3-5-15(6-4-14)12-26-13-18(19,20)21/h3-6,8,10H,2,7,9,11-13H2,1H3,(H2,22,23,25). The van der Waals surface area contributed by atoms with Gasteiger partial charge in [0.25, 0.3) is 0 Å². The molecule has 0 atom stereocenters. The van der Waals surface area contributed by atoms with Crippen LogP contribution in [0.5, 0.6) is 0 Å². The van der Waals surface area contributed by atoms with E-state index in [-0.39, 0.29) is 6.61 Å². The van der Waals surface area contributed by atoms with Gasteiger partial charge in [0.15, 0.2) is 5.96 Å². The summed E-state index contributed by atoms with van der Waals surface area (Å²) in [4.78, 5) is 8.41. The molecule has 0 aliphatic heterocycles. The van der Waals surface area contributed by atoms with Gasteiger partial charge in [0.2, 0.25) is 0 Å². The lowest BCUT2D eigenvalue weighted by Crippen LogP contribution is -2.37. The van der Waals surface area contributed by atoms with E-state index in [9.17, 15) is 13.2 Å². The van der Waals surface area contributed by atoms with Crippen LogP contribution < -0.4 is 10.6 Å². The quantitative estimate of drug-likeness (QED) is 0.257. The van der Waals surface area contributed by atoms with Crippen molar-refractivity contribution in [3.8, 4) is 0 Å². The van der Waals surface area contributed by atoms with Crippen LogP contribution in [0.15, 0.2) is 45.2 Å². The molecule has 154 valence electrons. The zero-order valence-corrected chi connectivity index (χ0v) is 17.1. The molecule has 2 N–H and O–H groups in total. The molecular weight excluding hydrogens is 409 g/mol. The van der Waals surface area contributed by atoms with Gasteiger partial charge < -0.3 is 15.4 Å². The summed E-state index contributed by atoms with van der Waals surface area (Å²) in [5, 5.41) is 8.44. The number of hydrogen-bond acceptors (Lipinski definition) is 5. The molecule has 0 spiro atoms. The highest BCUT2D eigenvalue weighted by molar-refractivity contribution is 8.00. The van der Waals surface area contributed by atoms with Crippen molar-refractivity contribution < 1.29 is 17.9 Å². The highest BCUT2D eigenvalue weighted by Gasteiger charge is 2.27. The highest BCUT2D eigenvalue weighted by atomic mass is 32.2. The minimum atomic E-state index is -4.30. The third-order valence-electron chi connectivity index (χ3n) is 3.49. The van der Waals surface area contributed by atoms with Gasteiger partial charge in [0.1, 0.15) is 10.9 Å². The molecule has 0 aliphatic rings. The van der Waals surface area contributed by atoms with Gasteiger partial charge in [-0.1, -0.05) is 36.0 Å². The molecular formula is C18H23F3N4OS2. The second kappa shape index (κ2) is 11.9. The van der Waals surface area contributed by atoms with Crippen molar-refractivity contribution in [2.24, 2.45) is 4.99 Å². The number of ether oxygens (including phenoxy) is 1. The number of alkyl halides is 3. The molecule has 0 aliphatic carbocycles. The molecule has 1 heterocycles. The predicted molar refractivity (Wildman–Crippen MR) is 108 cm³/mol. The predicted octanol–water partition coefficient (Wildman–Crippen LogP) is 4.07. The van der Waals surface area contributed by atoms with Crippen LogP contribution in [0.3, 0.4) is 0 Å². The fourth-order valence-electron chi connectivity index (χ4n) is 2.16. The van der Waals surface area contributed by atoms with Crippen molar-refractivity contribution in [2.45, 2.75) is 30.1 Å². The summed E-state index contributed by atoms with van der Waals surface area (Å²) in [6.45, 7) is 0.0703. The molecule has 0 saturated heterocycles. The summed E-state index contributed by atoms with van der Waals surface area (Å²) in [5.74, 6) is 1.69. The summed E-state index contributed by atoms with van der Waals surface area (Å²) in [6.07, 6.45) is -1.51. The normalized spacial score (nSPS) is 12.2. The van der Waals surface area contributed by atoms with E-state index >= 15 is 0 Å². The summed E-state index contributed by atoms with van der Waals surface area (Å²) in [5.41, 5.74) is 1.70. The van der Waals surface area contributed by atoms with Crippen LogP contribution in [0.25, 0.3) is 0 Å². The summed E-state index contributed by atoms with van der Waals surface area (Å²) in [6, 6.07) is 7.24. The maximum Gasteiger partial charge on any atom is 0.411 e. The van der Waals surface area contributed by atoms with Crippen molar-refractivity contribution in [3.05, 3.63) is 47.0 Å². The molecule has 2 aromatic rings. The number of aliphatic imine (C=N–C) groups is 1. The first-order valence-corrected chi connectivity index (χ1v) is 10.5. The largest absolute Gasteiger partial charge is 0.411 e. The molecule has 1 aromatic heterocycles. The van der Waals surface area contributed by atoms with Gasteiger partial charge in [-0.05, 0) is 17.5 Å².